The Labute approximate surface area is 252 Å². The zero-order valence-corrected chi connectivity index (χ0v) is 24.6. The molecule has 0 aliphatic heterocycles. The summed E-state index contributed by atoms with van der Waals surface area (Å²) in [6.07, 6.45) is 1.66. The third-order valence-electron chi connectivity index (χ3n) is 6.91. The van der Waals surface area contributed by atoms with Gasteiger partial charge >= 0.3 is 0 Å². The SMILES string of the molecule is CCn1c2ccccc2c2cc(C=NNC(=O)CSc3nnc(-c4ccc(OC)cc4)n3-c3ccc(Cl)cc3)ccc21. The summed E-state index contributed by atoms with van der Waals surface area (Å²) in [7, 11) is 1.62. The molecule has 0 fully saturated rings. The number of amides is 1. The number of carbonyl (C=O) groups is 1. The lowest BCUT2D eigenvalue weighted by molar-refractivity contribution is -0.118. The molecule has 0 atom stereocenters. The van der Waals surface area contributed by atoms with Crippen LogP contribution in [-0.2, 0) is 11.3 Å². The van der Waals surface area contributed by atoms with Crippen LogP contribution in [0.3, 0.4) is 0 Å². The summed E-state index contributed by atoms with van der Waals surface area (Å²) in [4.78, 5) is 12.7. The van der Waals surface area contributed by atoms with E-state index in [0.717, 1.165) is 34.5 Å². The molecule has 2 heterocycles. The molecule has 1 amide bonds. The number of methoxy groups -OCH3 is 1. The first-order chi connectivity index (χ1) is 20.6. The van der Waals surface area contributed by atoms with Gasteiger partial charge in [0.05, 0.1) is 19.1 Å². The molecule has 0 aliphatic rings. The van der Waals surface area contributed by atoms with Crippen molar-refractivity contribution in [3.05, 3.63) is 102 Å². The van der Waals surface area contributed by atoms with Crippen molar-refractivity contribution in [2.24, 2.45) is 5.10 Å². The van der Waals surface area contributed by atoms with Crippen LogP contribution in [0.2, 0.25) is 5.02 Å². The molecule has 0 bridgehead atoms. The Morgan fingerprint density at radius 2 is 1.74 bits per heavy atom. The van der Waals surface area contributed by atoms with E-state index < -0.39 is 0 Å². The fraction of sp³-hybridized carbons (Fsp3) is 0.125. The van der Waals surface area contributed by atoms with Crippen molar-refractivity contribution in [3.8, 4) is 22.8 Å². The lowest BCUT2D eigenvalue weighted by Crippen LogP contribution is -2.20. The molecule has 6 aromatic rings. The van der Waals surface area contributed by atoms with Crippen LogP contribution in [0, 0.1) is 0 Å². The van der Waals surface area contributed by atoms with E-state index >= 15 is 0 Å². The number of ether oxygens (including phenoxy) is 1. The van der Waals surface area contributed by atoms with Crippen molar-refractivity contribution in [2.45, 2.75) is 18.6 Å². The normalized spacial score (nSPS) is 11.5. The van der Waals surface area contributed by atoms with Gasteiger partial charge in [-0.25, -0.2) is 5.43 Å². The molecular formula is C32H27ClN6O2S. The number of hydrazone groups is 1. The molecule has 0 saturated carbocycles. The standard InChI is InChI=1S/C32H27ClN6O2S/c1-3-38-28-7-5-4-6-26(28)27-18-21(8-17-29(27)38)19-34-35-30(40)20-42-32-37-36-31(22-9-15-25(41-2)16-10-22)39(32)24-13-11-23(33)12-14-24/h4-19H,3,20H2,1-2H3,(H,35,40). The Morgan fingerprint density at radius 1 is 0.976 bits per heavy atom. The number of aromatic nitrogens is 4. The molecule has 0 aliphatic carbocycles. The Kier molecular flexibility index (Phi) is 7.94. The molecule has 4 aromatic carbocycles. The summed E-state index contributed by atoms with van der Waals surface area (Å²) in [5, 5.41) is 16.6. The van der Waals surface area contributed by atoms with Gasteiger partial charge in [0.25, 0.3) is 5.91 Å². The summed E-state index contributed by atoms with van der Waals surface area (Å²) in [5.74, 6) is 1.24. The number of nitrogens with zero attached hydrogens (tertiary/aromatic N) is 5. The Morgan fingerprint density at radius 3 is 2.50 bits per heavy atom. The Balaban J connectivity index is 1.18. The second kappa shape index (κ2) is 12.1. The van der Waals surface area contributed by atoms with Gasteiger partial charge in [0.15, 0.2) is 11.0 Å². The van der Waals surface area contributed by atoms with Gasteiger partial charge in [-0.3, -0.25) is 9.36 Å². The number of carbonyl (C=O) groups excluding carboxylic acids is 1. The number of aryl methyl sites for hydroxylation is 1. The molecule has 210 valence electrons. The van der Waals surface area contributed by atoms with Crippen molar-refractivity contribution in [1.29, 1.82) is 0 Å². The number of halogens is 1. The predicted octanol–water partition coefficient (Wildman–Crippen LogP) is 6.97. The van der Waals surface area contributed by atoms with Crippen molar-refractivity contribution < 1.29 is 9.53 Å². The number of benzene rings is 4. The molecule has 1 N–H and O–H groups in total. The van der Waals surface area contributed by atoms with E-state index in [1.165, 1.54) is 28.2 Å². The van der Waals surface area contributed by atoms with Gasteiger partial charge in [0.1, 0.15) is 5.75 Å². The largest absolute Gasteiger partial charge is 0.497 e. The third kappa shape index (κ3) is 5.48. The Hall–Kier alpha value is -4.60. The fourth-order valence-electron chi connectivity index (χ4n) is 4.95. The fourth-order valence-corrected chi connectivity index (χ4v) is 5.82. The van der Waals surface area contributed by atoms with E-state index in [2.05, 4.69) is 62.5 Å². The van der Waals surface area contributed by atoms with Crippen LogP contribution >= 0.6 is 23.4 Å². The minimum absolute atomic E-state index is 0.106. The topological polar surface area (TPSA) is 86.3 Å². The second-order valence-electron chi connectivity index (χ2n) is 9.47. The smallest absolute Gasteiger partial charge is 0.250 e. The van der Waals surface area contributed by atoms with Gasteiger partial charge in [-0.15, -0.1) is 10.2 Å². The average Bonchev–Trinajstić information content (AvgIpc) is 3.59. The molecule has 6 rings (SSSR count). The molecule has 2 aromatic heterocycles. The van der Waals surface area contributed by atoms with Crippen molar-refractivity contribution in [1.82, 2.24) is 24.8 Å². The number of fused-ring (bicyclic) bond motifs is 3. The first-order valence-corrected chi connectivity index (χ1v) is 14.7. The molecule has 42 heavy (non-hydrogen) atoms. The first kappa shape index (κ1) is 27.6. The van der Waals surface area contributed by atoms with Crippen molar-refractivity contribution in [2.75, 3.05) is 12.9 Å². The van der Waals surface area contributed by atoms with Crippen molar-refractivity contribution >= 4 is 57.3 Å². The minimum atomic E-state index is -0.253. The highest BCUT2D eigenvalue weighted by Gasteiger charge is 2.18. The zero-order valence-electron chi connectivity index (χ0n) is 23.0. The second-order valence-corrected chi connectivity index (χ2v) is 10.8. The van der Waals surface area contributed by atoms with E-state index in [4.69, 9.17) is 16.3 Å². The number of nitrogens with one attached hydrogen (secondary N) is 1. The number of hydrogen-bond donors (Lipinski definition) is 1. The van der Waals surface area contributed by atoms with Crippen molar-refractivity contribution in [3.63, 3.8) is 0 Å². The minimum Gasteiger partial charge on any atom is -0.497 e. The quantitative estimate of drug-likeness (QED) is 0.111. The van der Waals surface area contributed by atoms with E-state index in [-0.39, 0.29) is 11.7 Å². The van der Waals surface area contributed by atoms with Gasteiger partial charge in [0, 0.05) is 44.6 Å². The summed E-state index contributed by atoms with van der Waals surface area (Å²) in [6.45, 7) is 3.03. The van der Waals surface area contributed by atoms with Gasteiger partial charge in [-0.2, -0.15) is 5.10 Å². The van der Waals surface area contributed by atoms with Crippen LogP contribution in [0.4, 0.5) is 0 Å². The summed E-state index contributed by atoms with van der Waals surface area (Å²) >= 11 is 7.41. The lowest BCUT2D eigenvalue weighted by Gasteiger charge is -2.11. The molecule has 8 nitrogen and oxygen atoms in total. The monoisotopic (exact) mass is 594 g/mol. The predicted molar refractivity (Wildman–Crippen MR) is 170 cm³/mol. The van der Waals surface area contributed by atoms with Crippen LogP contribution in [0.25, 0.3) is 38.9 Å². The van der Waals surface area contributed by atoms with E-state index in [9.17, 15) is 4.79 Å². The maximum Gasteiger partial charge on any atom is 0.250 e. The van der Waals surface area contributed by atoms with Gasteiger partial charge in [-0.1, -0.05) is 47.6 Å². The molecule has 0 spiro atoms. The first-order valence-electron chi connectivity index (χ1n) is 13.4. The molecule has 10 heteroatoms. The molecular weight excluding hydrogens is 568 g/mol. The summed E-state index contributed by atoms with van der Waals surface area (Å²) < 4.78 is 9.49. The Bertz CT molecular complexity index is 1910. The number of thioether (sulfide) groups is 1. The summed E-state index contributed by atoms with van der Waals surface area (Å²) in [6, 6.07) is 29.6. The zero-order chi connectivity index (χ0) is 29.1. The maximum atomic E-state index is 12.7. The van der Waals surface area contributed by atoms with E-state index in [1.807, 2.05) is 65.2 Å². The maximum absolute atomic E-state index is 12.7. The number of rotatable bonds is 9. The van der Waals surface area contributed by atoms with Crippen LogP contribution in [0.15, 0.2) is 101 Å². The number of para-hydroxylation sites is 1. The van der Waals surface area contributed by atoms with E-state index in [1.54, 1.807) is 13.3 Å². The highest BCUT2D eigenvalue weighted by atomic mass is 35.5. The highest BCUT2D eigenvalue weighted by molar-refractivity contribution is 7.99. The van der Waals surface area contributed by atoms with Crippen LogP contribution in [0.5, 0.6) is 5.75 Å². The van der Waals surface area contributed by atoms with Crippen LogP contribution in [-0.4, -0.2) is 44.3 Å². The highest BCUT2D eigenvalue weighted by Crippen LogP contribution is 2.31. The molecule has 0 radical (unpaired) electrons. The number of hydrogen-bond acceptors (Lipinski definition) is 6. The molecule has 0 saturated heterocycles. The van der Waals surface area contributed by atoms with Gasteiger partial charge < -0.3 is 9.30 Å². The van der Waals surface area contributed by atoms with Gasteiger partial charge in [-0.05, 0) is 79.2 Å². The van der Waals surface area contributed by atoms with Crippen LogP contribution < -0.4 is 10.2 Å². The van der Waals surface area contributed by atoms with E-state index in [0.29, 0.717) is 16.0 Å². The third-order valence-corrected chi connectivity index (χ3v) is 8.10. The molecule has 0 unspecified atom stereocenters. The average molecular weight is 595 g/mol. The van der Waals surface area contributed by atoms with Crippen LogP contribution in [0.1, 0.15) is 12.5 Å². The summed E-state index contributed by atoms with van der Waals surface area (Å²) in [5.41, 5.74) is 7.61. The van der Waals surface area contributed by atoms with Gasteiger partial charge in [0.2, 0.25) is 0 Å². The lowest BCUT2D eigenvalue weighted by atomic mass is 10.1.